The summed E-state index contributed by atoms with van der Waals surface area (Å²) in [6, 6.07) is -0.496. The Hall–Kier alpha value is -3.14. The van der Waals surface area contributed by atoms with Gasteiger partial charge in [0.1, 0.15) is 24.1 Å². The second-order valence-electron chi connectivity index (χ2n) is 8.13. The number of aryl methyl sites for hydroxylation is 2. The molecule has 1 amide bonds. The molecule has 1 saturated heterocycles. The second kappa shape index (κ2) is 8.54. The standard InChI is InChI=1S/C21H28N8O2/c1-5-29-18(14-8-23-13(4)24-9-14)27-17-19(29)25-11-26-20(17)31-15-6-7-28(10-15)21(30)16(22)12(2)3/h8-9,11-12,15-16H,5-7,10,22H2,1-4H3/t15-,16-/m0/s1. The van der Waals surface area contributed by atoms with Crippen LogP contribution < -0.4 is 10.5 Å². The van der Waals surface area contributed by atoms with Crippen LogP contribution in [0.2, 0.25) is 0 Å². The molecule has 31 heavy (non-hydrogen) atoms. The van der Waals surface area contributed by atoms with Crippen molar-refractivity contribution in [3.63, 3.8) is 0 Å². The first-order valence-corrected chi connectivity index (χ1v) is 10.6. The molecule has 3 aromatic rings. The quantitative estimate of drug-likeness (QED) is 0.632. The van der Waals surface area contributed by atoms with Crippen LogP contribution in [-0.4, -0.2) is 65.5 Å². The highest BCUT2D eigenvalue weighted by Crippen LogP contribution is 2.29. The summed E-state index contributed by atoms with van der Waals surface area (Å²) in [5.74, 6) is 1.89. The number of hydrogen-bond donors (Lipinski definition) is 1. The van der Waals surface area contributed by atoms with E-state index in [0.29, 0.717) is 48.3 Å². The average molecular weight is 425 g/mol. The van der Waals surface area contributed by atoms with Gasteiger partial charge < -0.3 is 19.9 Å². The summed E-state index contributed by atoms with van der Waals surface area (Å²) < 4.78 is 8.17. The van der Waals surface area contributed by atoms with Gasteiger partial charge in [-0.25, -0.2) is 19.9 Å². The number of likely N-dealkylation sites (tertiary alicyclic amines) is 1. The van der Waals surface area contributed by atoms with Crippen LogP contribution in [0.5, 0.6) is 5.88 Å². The van der Waals surface area contributed by atoms with Gasteiger partial charge in [-0.15, -0.1) is 0 Å². The van der Waals surface area contributed by atoms with Crippen molar-refractivity contribution in [3.05, 3.63) is 24.5 Å². The maximum atomic E-state index is 12.6. The van der Waals surface area contributed by atoms with Gasteiger partial charge >= 0.3 is 0 Å². The number of nitrogens with zero attached hydrogens (tertiary/aromatic N) is 7. The number of nitrogens with two attached hydrogens (primary N) is 1. The first-order chi connectivity index (χ1) is 14.9. The number of carbonyl (C=O) groups excluding carboxylic acids is 1. The van der Waals surface area contributed by atoms with Gasteiger partial charge in [-0.05, 0) is 19.8 Å². The van der Waals surface area contributed by atoms with E-state index < -0.39 is 6.04 Å². The van der Waals surface area contributed by atoms with Crippen LogP contribution in [-0.2, 0) is 11.3 Å². The normalized spacial score (nSPS) is 17.5. The molecule has 0 aliphatic carbocycles. The third-order valence-electron chi connectivity index (χ3n) is 5.59. The first kappa shape index (κ1) is 21.1. The number of hydrogen-bond acceptors (Lipinski definition) is 8. The van der Waals surface area contributed by atoms with Crippen LogP contribution in [0.1, 0.15) is 33.0 Å². The van der Waals surface area contributed by atoms with Crippen LogP contribution in [0.25, 0.3) is 22.6 Å². The maximum absolute atomic E-state index is 12.6. The topological polar surface area (TPSA) is 125 Å². The number of ether oxygens (including phenoxy) is 1. The molecule has 10 nitrogen and oxygen atoms in total. The molecule has 0 bridgehead atoms. The summed E-state index contributed by atoms with van der Waals surface area (Å²) in [5, 5.41) is 0. The van der Waals surface area contributed by atoms with Crippen molar-refractivity contribution in [1.29, 1.82) is 0 Å². The highest BCUT2D eigenvalue weighted by Gasteiger charge is 2.32. The number of amides is 1. The molecule has 3 aromatic heterocycles. The summed E-state index contributed by atoms with van der Waals surface area (Å²) in [6.07, 6.45) is 5.53. The fraction of sp³-hybridized carbons (Fsp3) is 0.524. The lowest BCUT2D eigenvalue weighted by Gasteiger charge is -2.23. The molecule has 0 aromatic carbocycles. The lowest BCUT2D eigenvalue weighted by molar-refractivity contribution is -0.132. The molecule has 4 heterocycles. The summed E-state index contributed by atoms with van der Waals surface area (Å²) >= 11 is 0. The smallest absolute Gasteiger partial charge is 0.245 e. The Labute approximate surface area is 180 Å². The predicted molar refractivity (Wildman–Crippen MR) is 115 cm³/mol. The minimum atomic E-state index is -0.496. The molecular formula is C21H28N8O2. The summed E-state index contributed by atoms with van der Waals surface area (Å²) in [7, 11) is 0. The van der Waals surface area contributed by atoms with E-state index in [1.165, 1.54) is 6.33 Å². The van der Waals surface area contributed by atoms with Crippen molar-refractivity contribution in [2.24, 2.45) is 11.7 Å². The summed E-state index contributed by atoms with van der Waals surface area (Å²) in [4.78, 5) is 36.4. The van der Waals surface area contributed by atoms with Crippen LogP contribution in [0, 0.1) is 12.8 Å². The number of rotatable bonds is 6. The van der Waals surface area contributed by atoms with E-state index in [1.807, 2.05) is 32.3 Å². The van der Waals surface area contributed by atoms with Gasteiger partial charge in [-0.2, -0.15) is 4.98 Å². The summed E-state index contributed by atoms with van der Waals surface area (Å²) in [6.45, 7) is 9.55. The Kier molecular flexibility index (Phi) is 5.81. The van der Waals surface area contributed by atoms with Gasteiger partial charge in [0.15, 0.2) is 11.2 Å². The molecule has 1 aliphatic rings. The van der Waals surface area contributed by atoms with Crippen LogP contribution in [0.3, 0.4) is 0 Å². The van der Waals surface area contributed by atoms with E-state index in [0.717, 1.165) is 12.0 Å². The Bertz CT molecular complexity index is 1080. The number of carbonyl (C=O) groups is 1. The van der Waals surface area contributed by atoms with Gasteiger partial charge in [0.05, 0.1) is 18.2 Å². The van der Waals surface area contributed by atoms with Gasteiger partial charge in [0.25, 0.3) is 0 Å². The Balaban J connectivity index is 1.59. The predicted octanol–water partition coefficient (Wildman–Crippen LogP) is 1.57. The third kappa shape index (κ3) is 4.07. The zero-order chi connectivity index (χ0) is 22.1. The van der Waals surface area contributed by atoms with E-state index in [2.05, 4.69) is 19.9 Å². The molecule has 4 rings (SSSR count). The van der Waals surface area contributed by atoms with Crippen molar-refractivity contribution in [3.8, 4) is 17.3 Å². The molecule has 2 N–H and O–H groups in total. The van der Waals surface area contributed by atoms with E-state index in [1.54, 1.807) is 17.3 Å². The fourth-order valence-electron chi connectivity index (χ4n) is 3.71. The fourth-order valence-corrected chi connectivity index (χ4v) is 3.71. The molecule has 0 spiro atoms. The zero-order valence-electron chi connectivity index (χ0n) is 18.3. The monoisotopic (exact) mass is 424 g/mol. The molecule has 1 aliphatic heterocycles. The van der Waals surface area contributed by atoms with Crippen molar-refractivity contribution < 1.29 is 9.53 Å². The zero-order valence-corrected chi connectivity index (χ0v) is 18.3. The highest BCUT2D eigenvalue weighted by atomic mass is 16.5. The van der Waals surface area contributed by atoms with Gasteiger partial charge in [-0.3, -0.25) is 4.79 Å². The molecule has 0 radical (unpaired) electrons. The van der Waals surface area contributed by atoms with Crippen LogP contribution in [0.15, 0.2) is 18.7 Å². The maximum Gasteiger partial charge on any atom is 0.245 e. The van der Waals surface area contributed by atoms with E-state index >= 15 is 0 Å². The average Bonchev–Trinajstić information content (AvgIpc) is 3.38. The van der Waals surface area contributed by atoms with Crippen molar-refractivity contribution >= 4 is 17.1 Å². The Morgan fingerprint density at radius 1 is 1.26 bits per heavy atom. The molecular weight excluding hydrogens is 396 g/mol. The Morgan fingerprint density at radius 2 is 2.00 bits per heavy atom. The van der Waals surface area contributed by atoms with Gasteiger partial charge in [0, 0.05) is 31.9 Å². The van der Waals surface area contributed by atoms with E-state index in [4.69, 9.17) is 15.5 Å². The van der Waals surface area contributed by atoms with Crippen molar-refractivity contribution in [1.82, 2.24) is 34.4 Å². The number of fused-ring (bicyclic) bond motifs is 1. The molecule has 10 heteroatoms. The SMILES string of the molecule is CCn1c(-c2cnc(C)nc2)nc2c(O[C@H]3CCN(C(=O)[C@@H](N)C(C)C)C3)ncnc21. The molecule has 0 unspecified atom stereocenters. The first-order valence-electron chi connectivity index (χ1n) is 10.6. The molecule has 164 valence electrons. The second-order valence-corrected chi connectivity index (χ2v) is 8.13. The molecule has 2 atom stereocenters. The van der Waals surface area contributed by atoms with Gasteiger partial charge in [-0.1, -0.05) is 13.8 Å². The number of aromatic nitrogens is 6. The van der Waals surface area contributed by atoms with E-state index in [-0.39, 0.29) is 17.9 Å². The number of imidazole rings is 1. The summed E-state index contributed by atoms with van der Waals surface area (Å²) in [5.41, 5.74) is 8.12. The third-order valence-corrected chi connectivity index (χ3v) is 5.59. The molecule has 0 saturated carbocycles. The van der Waals surface area contributed by atoms with Crippen LogP contribution >= 0.6 is 0 Å². The van der Waals surface area contributed by atoms with E-state index in [9.17, 15) is 4.79 Å². The molecule has 1 fully saturated rings. The lowest BCUT2D eigenvalue weighted by Crippen LogP contribution is -2.46. The van der Waals surface area contributed by atoms with Crippen molar-refractivity contribution in [2.75, 3.05) is 13.1 Å². The van der Waals surface area contributed by atoms with Crippen molar-refractivity contribution in [2.45, 2.75) is 52.8 Å². The largest absolute Gasteiger partial charge is 0.471 e. The highest BCUT2D eigenvalue weighted by molar-refractivity contribution is 5.82. The minimum absolute atomic E-state index is 0.0362. The Morgan fingerprint density at radius 3 is 2.68 bits per heavy atom. The van der Waals surface area contributed by atoms with Crippen LogP contribution in [0.4, 0.5) is 0 Å². The minimum Gasteiger partial charge on any atom is -0.471 e. The van der Waals surface area contributed by atoms with Gasteiger partial charge in [0.2, 0.25) is 11.8 Å². The lowest BCUT2D eigenvalue weighted by atomic mass is 10.0.